The number of ether oxygens (including phenoxy) is 1. The highest BCUT2D eigenvalue weighted by Gasteiger charge is 2.53. The van der Waals surface area contributed by atoms with Crippen LogP contribution >= 0.6 is 11.6 Å². The van der Waals surface area contributed by atoms with Gasteiger partial charge in [0.2, 0.25) is 5.91 Å². The molecule has 3 heterocycles. The number of nitrogens with one attached hydrogen (secondary N) is 1. The number of halogens is 1. The second kappa shape index (κ2) is 8.85. The molecule has 0 bridgehead atoms. The summed E-state index contributed by atoms with van der Waals surface area (Å²) in [4.78, 5) is 30.2. The van der Waals surface area contributed by atoms with Crippen LogP contribution in [-0.4, -0.2) is 65.7 Å². The van der Waals surface area contributed by atoms with Gasteiger partial charge in [0.15, 0.2) is 0 Å². The Hall–Kier alpha value is -1.63. The average Bonchev–Trinajstić information content (AvgIpc) is 3.37. The van der Waals surface area contributed by atoms with E-state index >= 15 is 0 Å². The molecule has 3 atom stereocenters. The minimum absolute atomic E-state index is 0.0380. The molecule has 6 nitrogen and oxygen atoms in total. The summed E-state index contributed by atoms with van der Waals surface area (Å²) in [5.74, 6) is 0.418. The van der Waals surface area contributed by atoms with E-state index in [1.807, 2.05) is 21.9 Å². The first kappa shape index (κ1) is 21.6. The van der Waals surface area contributed by atoms with E-state index < -0.39 is 5.66 Å². The highest BCUT2D eigenvalue weighted by Crippen LogP contribution is 2.36. The lowest BCUT2D eigenvalue weighted by Gasteiger charge is -2.45. The Morgan fingerprint density at radius 2 is 2.07 bits per heavy atom. The maximum Gasteiger partial charge on any atom is 0.255 e. The Balaban J connectivity index is 1.50. The van der Waals surface area contributed by atoms with Crippen molar-refractivity contribution in [2.45, 2.75) is 63.8 Å². The van der Waals surface area contributed by atoms with Gasteiger partial charge in [-0.3, -0.25) is 14.9 Å². The Morgan fingerprint density at radius 1 is 1.33 bits per heavy atom. The van der Waals surface area contributed by atoms with E-state index in [0.717, 1.165) is 25.9 Å². The second-order valence-corrected chi connectivity index (χ2v) is 9.30. The number of carbonyl (C=O) groups is 2. The zero-order valence-corrected chi connectivity index (χ0v) is 18.7. The number of carbonyl (C=O) groups excluding carboxylic acids is 2. The maximum atomic E-state index is 13.4. The molecule has 3 unspecified atom stereocenters. The van der Waals surface area contributed by atoms with Crippen LogP contribution in [0.3, 0.4) is 0 Å². The molecule has 0 radical (unpaired) electrons. The lowest BCUT2D eigenvalue weighted by Crippen LogP contribution is -2.60. The highest BCUT2D eigenvalue weighted by molar-refractivity contribution is 6.33. The van der Waals surface area contributed by atoms with Crippen molar-refractivity contribution in [2.24, 2.45) is 5.92 Å². The first-order valence-electron chi connectivity index (χ1n) is 11.2. The fourth-order valence-electron chi connectivity index (χ4n) is 4.98. The van der Waals surface area contributed by atoms with Crippen molar-refractivity contribution in [1.82, 2.24) is 15.1 Å². The van der Waals surface area contributed by atoms with Gasteiger partial charge >= 0.3 is 0 Å². The van der Waals surface area contributed by atoms with Gasteiger partial charge in [-0.2, -0.15) is 0 Å². The van der Waals surface area contributed by atoms with Crippen molar-refractivity contribution in [3.05, 3.63) is 34.9 Å². The van der Waals surface area contributed by atoms with Crippen LogP contribution < -0.4 is 5.32 Å². The topological polar surface area (TPSA) is 61.9 Å². The zero-order valence-electron chi connectivity index (χ0n) is 17.9. The van der Waals surface area contributed by atoms with Crippen molar-refractivity contribution in [1.29, 1.82) is 0 Å². The van der Waals surface area contributed by atoms with E-state index in [4.69, 9.17) is 16.3 Å². The summed E-state index contributed by atoms with van der Waals surface area (Å²) < 4.78 is 5.85. The van der Waals surface area contributed by atoms with E-state index in [0.29, 0.717) is 43.1 Å². The molecule has 1 aromatic carbocycles. The van der Waals surface area contributed by atoms with Crippen molar-refractivity contribution in [3.63, 3.8) is 0 Å². The number of rotatable bonds is 5. The largest absolute Gasteiger partial charge is 0.376 e. The Bertz CT molecular complexity index is 788. The quantitative estimate of drug-likeness (QED) is 0.773. The number of amides is 2. The Kier molecular flexibility index (Phi) is 6.37. The summed E-state index contributed by atoms with van der Waals surface area (Å²) >= 11 is 6.24. The molecule has 1 aromatic rings. The third kappa shape index (κ3) is 3.97. The van der Waals surface area contributed by atoms with Gasteiger partial charge < -0.3 is 14.5 Å². The molecule has 3 aliphatic heterocycles. The predicted octanol–water partition coefficient (Wildman–Crippen LogP) is 3.30. The molecule has 0 saturated carbocycles. The second-order valence-electron chi connectivity index (χ2n) is 8.90. The van der Waals surface area contributed by atoms with Crippen LogP contribution in [0.5, 0.6) is 0 Å². The molecule has 1 N–H and O–H groups in total. The van der Waals surface area contributed by atoms with Crippen LogP contribution in [-0.2, 0) is 9.53 Å². The van der Waals surface area contributed by atoms with E-state index in [-0.39, 0.29) is 29.9 Å². The molecule has 0 aromatic heterocycles. The molecule has 164 valence electrons. The van der Waals surface area contributed by atoms with Crippen LogP contribution in [0.25, 0.3) is 0 Å². The number of hydrogen-bond acceptors (Lipinski definition) is 4. The summed E-state index contributed by atoms with van der Waals surface area (Å²) in [7, 11) is 0. The van der Waals surface area contributed by atoms with Crippen LogP contribution in [0.1, 0.15) is 56.3 Å². The minimum atomic E-state index is -0.394. The first-order valence-corrected chi connectivity index (χ1v) is 11.6. The lowest BCUT2D eigenvalue weighted by molar-refractivity contribution is -0.136. The van der Waals surface area contributed by atoms with Crippen LogP contribution in [0, 0.1) is 5.92 Å². The minimum Gasteiger partial charge on any atom is -0.376 e. The van der Waals surface area contributed by atoms with Crippen molar-refractivity contribution in [2.75, 3.05) is 26.2 Å². The van der Waals surface area contributed by atoms with Crippen molar-refractivity contribution < 1.29 is 14.3 Å². The zero-order chi connectivity index (χ0) is 21.3. The summed E-state index contributed by atoms with van der Waals surface area (Å²) in [5.41, 5.74) is 0.147. The van der Waals surface area contributed by atoms with Gasteiger partial charge in [0.25, 0.3) is 5.91 Å². The summed E-state index contributed by atoms with van der Waals surface area (Å²) in [6.45, 7) is 6.87. The van der Waals surface area contributed by atoms with Gasteiger partial charge in [-0.15, -0.1) is 0 Å². The fraction of sp³-hybridized carbons (Fsp3) is 0.652. The summed E-state index contributed by atoms with van der Waals surface area (Å²) in [6.07, 6.45) is 4.56. The van der Waals surface area contributed by atoms with Gasteiger partial charge in [0.1, 0.15) is 0 Å². The van der Waals surface area contributed by atoms with Crippen molar-refractivity contribution in [3.8, 4) is 0 Å². The number of hydrogen-bond donors (Lipinski definition) is 1. The predicted molar refractivity (Wildman–Crippen MR) is 116 cm³/mol. The Labute approximate surface area is 183 Å². The molecule has 3 aliphatic rings. The molecule has 30 heavy (non-hydrogen) atoms. The van der Waals surface area contributed by atoms with Crippen LogP contribution in [0.15, 0.2) is 24.3 Å². The standard InChI is InChI=1S/C23H32ClN3O3/c1-3-16(2)20-22(29)27(15-17-7-6-14-30-17)23(25-20)10-12-26(13-11-23)21(28)18-8-4-5-9-19(18)24/h4-5,8-9,16-17,20,25H,3,6-7,10-15H2,1-2H3. The maximum absolute atomic E-state index is 13.4. The van der Waals surface area contributed by atoms with Crippen LogP contribution in [0.4, 0.5) is 0 Å². The fourth-order valence-corrected chi connectivity index (χ4v) is 5.20. The molecule has 4 rings (SSSR count). The van der Waals surface area contributed by atoms with Gasteiger partial charge in [0.05, 0.1) is 28.4 Å². The van der Waals surface area contributed by atoms with Gasteiger partial charge in [-0.25, -0.2) is 0 Å². The van der Waals surface area contributed by atoms with Gasteiger partial charge in [-0.1, -0.05) is 44.0 Å². The lowest BCUT2D eigenvalue weighted by atomic mass is 9.94. The molecule has 1 spiro atoms. The summed E-state index contributed by atoms with van der Waals surface area (Å²) in [5, 5.41) is 4.18. The average molecular weight is 434 g/mol. The molecular weight excluding hydrogens is 402 g/mol. The molecule has 2 amide bonds. The normalized spacial score (nSPS) is 27.1. The number of benzene rings is 1. The van der Waals surface area contributed by atoms with E-state index in [1.54, 1.807) is 12.1 Å². The van der Waals surface area contributed by atoms with Crippen molar-refractivity contribution >= 4 is 23.4 Å². The van der Waals surface area contributed by atoms with E-state index in [1.165, 1.54) is 0 Å². The molecule has 3 fully saturated rings. The molecule has 0 aliphatic carbocycles. The monoisotopic (exact) mass is 433 g/mol. The van der Waals surface area contributed by atoms with Crippen LogP contribution in [0.2, 0.25) is 5.02 Å². The SMILES string of the molecule is CCC(C)C1NC2(CCN(C(=O)c3ccccc3Cl)CC2)N(CC2CCCO2)C1=O. The third-order valence-corrected chi connectivity index (χ3v) is 7.41. The summed E-state index contributed by atoms with van der Waals surface area (Å²) in [6, 6.07) is 7.02. The highest BCUT2D eigenvalue weighted by atomic mass is 35.5. The number of nitrogens with zero attached hydrogens (tertiary/aromatic N) is 2. The molecule has 3 saturated heterocycles. The smallest absolute Gasteiger partial charge is 0.255 e. The third-order valence-electron chi connectivity index (χ3n) is 7.08. The molecule has 7 heteroatoms. The number of likely N-dealkylation sites (tertiary alicyclic amines) is 1. The first-order chi connectivity index (χ1) is 14.4. The van der Waals surface area contributed by atoms with E-state index in [9.17, 15) is 9.59 Å². The number of piperidine rings is 1. The van der Waals surface area contributed by atoms with Gasteiger partial charge in [0, 0.05) is 39.1 Å². The Morgan fingerprint density at radius 3 is 2.70 bits per heavy atom. The molecular formula is C23H32ClN3O3. The van der Waals surface area contributed by atoms with Gasteiger partial charge in [-0.05, 0) is 30.9 Å². The van der Waals surface area contributed by atoms with E-state index in [2.05, 4.69) is 19.2 Å².